The standard InChI is InChI=1S/C10H13N5OS2/c1-5(9-13-3-4-17-9)14-8(16)6-7(11)15-10(12-2)18-6/h3-5H,11H2,1-2H3,(H,12,15)(H,14,16). The molecule has 0 spiro atoms. The minimum atomic E-state index is -0.228. The van der Waals surface area contributed by atoms with Gasteiger partial charge in [0.05, 0.1) is 6.04 Å². The maximum atomic E-state index is 12.0. The number of anilines is 2. The van der Waals surface area contributed by atoms with Crippen LogP contribution in [0.5, 0.6) is 0 Å². The molecule has 0 fully saturated rings. The molecule has 4 N–H and O–H groups in total. The van der Waals surface area contributed by atoms with E-state index in [0.29, 0.717) is 10.0 Å². The zero-order chi connectivity index (χ0) is 13.1. The van der Waals surface area contributed by atoms with Gasteiger partial charge in [-0.15, -0.1) is 11.3 Å². The predicted octanol–water partition coefficient (Wildman–Crippen LogP) is 1.71. The summed E-state index contributed by atoms with van der Waals surface area (Å²) in [5.74, 6) is 0.0161. The molecule has 2 heterocycles. The second-order valence-corrected chi connectivity index (χ2v) is 5.47. The Morgan fingerprint density at radius 3 is 2.89 bits per heavy atom. The van der Waals surface area contributed by atoms with Crippen molar-refractivity contribution in [2.75, 3.05) is 18.1 Å². The number of nitrogen functional groups attached to an aromatic ring is 1. The van der Waals surface area contributed by atoms with Crippen molar-refractivity contribution in [2.45, 2.75) is 13.0 Å². The van der Waals surface area contributed by atoms with Crippen LogP contribution >= 0.6 is 22.7 Å². The van der Waals surface area contributed by atoms with Crippen molar-refractivity contribution in [1.29, 1.82) is 0 Å². The molecule has 18 heavy (non-hydrogen) atoms. The Morgan fingerprint density at radius 1 is 1.56 bits per heavy atom. The van der Waals surface area contributed by atoms with Crippen LogP contribution in [0.3, 0.4) is 0 Å². The molecular weight excluding hydrogens is 270 g/mol. The lowest BCUT2D eigenvalue weighted by atomic mass is 10.3. The molecule has 2 rings (SSSR count). The first kappa shape index (κ1) is 12.8. The number of nitrogens with two attached hydrogens (primary N) is 1. The minimum absolute atomic E-state index is 0.142. The fourth-order valence-corrected chi connectivity index (χ4v) is 2.76. The fourth-order valence-electron chi connectivity index (χ4n) is 1.37. The summed E-state index contributed by atoms with van der Waals surface area (Å²) in [5.41, 5.74) is 5.70. The van der Waals surface area contributed by atoms with Gasteiger partial charge in [-0.2, -0.15) is 0 Å². The van der Waals surface area contributed by atoms with Crippen LogP contribution in [0.25, 0.3) is 0 Å². The third-order valence-electron chi connectivity index (χ3n) is 2.24. The largest absolute Gasteiger partial charge is 0.382 e. The second kappa shape index (κ2) is 5.32. The Balaban J connectivity index is 2.09. The number of carbonyl (C=O) groups is 1. The average molecular weight is 283 g/mol. The van der Waals surface area contributed by atoms with Crippen LogP contribution in [0.2, 0.25) is 0 Å². The van der Waals surface area contributed by atoms with E-state index in [9.17, 15) is 4.79 Å². The quantitative estimate of drug-likeness (QED) is 0.794. The third kappa shape index (κ3) is 2.59. The molecular formula is C10H13N5OS2. The molecule has 1 unspecified atom stereocenters. The Bertz CT molecular complexity index is 536. The van der Waals surface area contributed by atoms with Crippen molar-refractivity contribution < 1.29 is 4.79 Å². The van der Waals surface area contributed by atoms with Crippen LogP contribution in [0.1, 0.15) is 27.6 Å². The highest BCUT2D eigenvalue weighted by Crippen LogP contribution is 2.25. The summed E-state index contributed by atoms with van der Waals surface area (Å²) >= 11 is 2.73. The minimum Gasteiger partial charge on any atom is -0.382 e. The summed E-state index contributed by atoms with van der Waals surface area (Å²) in [6.07, 6.45) is 1.71. The first-order valence-corrected chi connectivity index (χ1v) is 6.95. The number of carbonyl (C=O) groups excluding carboxylic acids is 1. The van der Waals surface area contributed by atoms with Gasteiger partial charge >= 0.3 is 0 Å². The zero-order valence-electron chi connectivity index (χ0n) is 9.93. The SMILES string of the molecule is CNc1nc(N)c(C(=O)NC(C)c2nccs2)s1. The van der Waals surface area contributed by atoms with Crippen LogP contribution < -0.4 is 16.4 Å². The number of hydrogen-bond donors (Lipinski definition) is 3. The first-order valence-electron chi connectivity index (χ1n) is 5.26. The molecule has 8 heteroatoms. The van der Waals surface area contributed by atoms with E-state index in [-0.39, 0.29) is 17.8 Å². The van der Waals surface area contributed by atoms with Crippen LogP contribution in [-0.2, 0) is 0 Å². The average Bonchev–Trinajstić information content (AvgIpc) is 2.97. The number of hydrogen-bond acceptors (Lipinski definition) is 7. The van der Waals surface area contributed by atoms with Gasteiger partial charge in [-0.1, -0.05) is 11.3 Å². The molecule has 0 aromatic carbocycles. The molecule has 2 aromatic heterocycles. The predicted molar refractivity (Wildman–Crippen MR) is 74.1 cm³/mol. The lowest BCUT2D eigenvalue weighted by molar-refractivity contribution is 0.0944. The number of aromatic nitrogens is 2. The van der Waals surface area contributed by atoms with E-state index >= 15 is 0 Å². The Kier molecular flexibility index (Phi) is 3.78. The first-order chi connectivity index (χ1) is 8.61. The topological polar surface area (TPSA) is 92.9 Å². The van der Waals surface area contributed by atoms with Crippen molar-refractivity contribution in [3.05, 3.63) is 21.5 Å². The molecule has 0 bridgehead atoms. The van der Waals surface area contributed by atoms with E-state index in [1.54, 1.807) is 13.2 Å². The highest BCUT2D eigenvalue weighted by atomic mass is 32.1. The van der Waals surface area contributed by atoms with Crippen LogP contribution in [0, 0.1) is 0 Å². The maximum absolute atomic E-state index is 12.0. The van der Waals surface area contributed by atoms with Gasteiger partial charge in [0, 0.05) is 18.6 Å². The van der Waals surface area contributed by atoms with Crippen molar-refractivity contribution in [1.82, 2.24) is 15.3 Å². The summed E-state index contributed by atoms with van der Waals surface area (Å²) < 4.78 is 0. The Morgan fingerprint density at radius 2 is 2.33 bits per heavy atom. The highest BCUT2D eigenvalue weighted by molar-refractivity contribution is 7.18. The van der Waals surface area contributed by atoms with E-state index < -0.39 is 0 Å². The molecule has 0 aliphatic heterocycles. The molecule has 0 aliphatic rings. The van der Waals surface area contributed by atoms with E-state index in [4.69, 9.17) is 5.73 Å². The Hall–Kier alpha value is -1.67. The van der Waals surface area contributed by atoms with E-state index in [1.807, 2.05) is 12.3 Å². The smallest absolute Gasteiger partial charge is 0.265 e. The van der Waals surface area contributed by atoms with Gasteiger partial charge in [-0.05, 0) is 6.92 Å². The van der Waals surface area contributed by atoms with Crippen molar-refractivity contribution in [3.8, 4) is 0 Å². The molecule has 1 atom stereocenters. The van der Waals surface area contributed by atoms with E-state index in [0.717, 1.165) is 5.01 Å². The van der Waals surface area contributed by atoms with Gasteiger partial charge in [-0.3, -0.25) is 4.79 Å². The molecule has 0 saturated carbocycles. The second-order valence-electron chi connectivity index (χ2n) is 3.55. The normalized spacial score (nSPS) is 12.1. The number of nitrogens with zero attached hydrogens (tertiary/aromatic N) is 2. The van der Waals surface area contributed by atoms with Crippen molar-refractivity contribution in [2.24, 2.45) is 0 Å². The van der Waals surface area contributed by atoms with Gasteiger partial charge < -0.3 is 16.4 Å². The van der Waals surface area contributed by atoms with E-state index in [2.05, 4.69) is 20.6 Å². The monoisotopic (exact) mass is 283 g/mol. The molecule has 2 aromatic rings. The molecule has 1 amide bonds. The van der Waals surface area contributed by atoms with Crippen LogP contribution in [0.4, 0.5) is 10.9 Å². The lowest BCUT2D eigenvalue weighted by Crippen LogP contribution is -2.26. The summed E-state index contributed by atoms with van der Waals surface area (Å²) in [4.78, 5) is 20.6. The highest BCUT2D eigenvalue weighted by Gasteiger charge is 2.19. The van der Waals surface area contributed by atoms with Gasteiger partial charge in [0.25, 0.3) is 5.91 Å². The summed E-state index contributed by atoms with van der Waals surface area (Å²) in [6, 6.07) is -0.142. The number of amides is 1. The van der Waals surface area contributed by atoms with Gasteiger partial charge in [0.2, 0.25) is 0 Å². The Labute approximate surface area is 112 Å². The van der Waals surface area contributed by atoms with E-state index in [1.165, 1.54) is 22.7 Å². The van der Waals surface area contributed by atoms with Crippen molar-refractivity contribution >= 4 is 39.5 Å². The summed E-state index contributed by atoms with van der Waals surface area (Å²) in [6.45, 7) is 1.88. The van der Waals surface area contributed by atoms with Gasteiger partial charge in [0.15, 0.2) is 5.13 Å². The molecule has 96 valence electrons. The summed E-state index contributed by atoms with van der Waals surface area (Å²) in [5, 5.41) is 9.07. The fraction of sp³-hybridized carbons (Fsp3) is 0.300. The third-order valence-corrected chi connectivity index (χ3v) is 4.29. The van der Waals surface area contributed by atoms with Crippen LogP contribution in [-0.4, -0.2) is 22.9 Å². The molecule has 0 saturated heterocycles. The number of nitrogens with one attached hydrogen (secondary N) is 2. The zero-order valence-corrected chi connectivity index (χ0v) is 11.6. The van der Waals surface area contributed by atoms with Crippen molar-refractivity contribution in [3.63, 3.8) is 0 Å². The summed E-state index contributed by atoms with van der Waals surface area (Å²) in [7, 11) is 1.73. The number of rotatable bonds is 4. The van der Waals surface area contributed by atoms with Crippen LogP contribution in [0.15, 0.2) is 11.6 Å². The molecule has 6 nitrogen and oxygen atoms in total. The maximum Gasteiger partial charge on any atom is 0.265 e. The lowest BCUT2D eigenvalue weighted by Gasteiger charge is -2.09. The van der Waals surface area contributed by atoms with Gasteiger partial charge in [0.1, 0.15) is 15.7 Å². The van der Waals surface area contributed by atoms with Gasteiger partial charge in [-0.25, -0.2) is 9.97 Å². The molecule has 0 aliphatic carbocycles. The molecule has 0 radical (unpaired) electrons. The number of thiazole rings is 2.